The second kappa shape index (κ2) is 9.25. The third-order valence-corrected chi connectivity index (χ3v) is 2.46. The molecule has 2 N–H and O–H groups in total. The standard InChI is InChI=1S/C14H24N4O2/c1-4-15-14(19)12-6-7-13(18-17-12)16-8-5-9-20-10-11(2)3/h6-7,11H,4-5,8-10H2,1-3H3,(H,15,19)(H,16,18). The van der Waals surface area contributed by atoms with E-state index >= 15 is 0 Å². The Morgan fingerprint density at radius 3 is 2.75 bits per heavy atom. The molecule has 0 aromatic carbocycles. The zero-order chi connectivity index (χ0) is 14.8. The summed E-state index contributed by atoms with van der Waals surface area (Å²) >= 11 is 0. The lowest BCUT2D eigenvalue weighted by Crippen LogP contribution is -2.24. The number of carbonyl (C=O) groups excluding carboxylic acids is 1. The van der Waals surface area contributed by atoms with E-state index in [2.05, 4.69) is 34.7 Å². The zero-order valence-corrected chi connectivity index (χ0v) is 12.5. The number of anilines is 1. The molecule has 1 heterocycles. The molecule has 0 atom stereocenters. The highest BCUT2D eigenvalue weighted by Gasteiger charge is 2.06. The first-order chi connectivity index (χ1) is 9.63. The summed E-state index contributed by atoms with van der Waals surface area (Å²) in [7, 11) is 0. The number of amides is 1. The van der Waals surface area contributed by atoms with Gasteiger partial charge in [0.1, 0.15) is 5.82 Å². The molecule has 0 saturated heterocycles. The van der Waals surface area contributed by atoms with Crippen molar-refractivity contribution in [3.05, 3.63) is 17.8 Å². The van der Waals surface area contributed by atoms with Gasteiger partial charge in [-0.3, -0.25) is 4.79 Å². The van der Waals surface area contributed by atoms with Gasteiger partial charge in [-0.25, -0.2) is 0 Å². The lowest BCUT2D eigenvalue weighted by molar-refractivity contribution is 0.0950. The molecule has 1 aromatic heterocycles. The minimum absolute atomic E-state index is 0.200. The summed E-state index contributed by atoms with van der Waals surface area (Å²) in [5, 5.41) is 13.7. The minimum Gasteiger partial charge on any atom is -0.381 e. The van der Waals surface area contributed by atoms with Crippen molar-refractivity contribution in [2.24, 2.45) is 5.92 Å². The smallest absolute Gasteiger partial charge is 0.271 e. The summed E-state index contributed by atoms with van der Waals surface area (Å²) < 4.78 is 5.48. The fourth-order valence-corrected chi connectivity index (χ4v) is 1.51. The summed E-state index contributed by atoms with van der Waals surface area (Å²) in [6.07, 6.45) is 0.909. The van der Waals surface area contributed by atoms with Crippen LogP contribution in [0.5, 0.6) is 0 Å². The Morgan fingerprint density at radius 1 is 1.35 bits per heavy atom. The fraction of sp³-hybridized carbons (Fsp3) is 0.643. The van der Waals surface area contributed by atoms with Crippen molar-refractivity contribution in [3.8, 4) is 0 Å². The summed E-state index contributed by atoms with van der Waals surface area (Å²) in [5.41, 5.74) is 0.331. The van der Waals surface area contributed by atoms with Gasteiger partial charge in [0.2, 0.25) is 0 Å². The van der Waals surface area contributed by atoms with Gasteiger partial charge in [-0.05, 0) is 31.4 Å². The molecule has 1 rings (SSSR count). The molecule has 0 saturated carbocycles. The number of carbonyl (C=O) groups is 1. The zero-order valence-electron chi connectivity index (χ0n) is 12.5. The maximum Gasteiger partial charge on any atom is 0.271 e. The van der Waals surface area contributed by atoms with Crippen LogP contribution in [0, 0.1) is 5.92 Å². The summed E-state index contributed by atoms with van der Waals surface area (Å²) in [4.78, 5) is 11.5. The van der Waals surface area contributed by atoms with Gasteiger partial charge < -0.3 is 15.4 Å². The summed E-state index contributed by atoms with van der Waals surface area (Å²) in [6.45, 7) is 9.00. The Kier molecular flexibility index (Phi) is 7.57. The number of aromatic nitrogens is 2. The van der Waals surface area contributed by atoms with Crippen LogP contribution in [0.25, 0.3) is 0 Å². The Balaban J connectivity index is 2.23. The second-order valence-electron chi connectivity index (χ2n) is 4.91. The largest absolute Gasteiger partial charge is 0.381 e. The van der Waals surface area contributed by atoms with Crippen LogP contribution in [0.15, 0.2) is 12.1 Å². The lowest BCUT2D eigenvalue weighted by atomic mass is 10.2. The van der Waals surface area contributed by atoms with Crippen LogP contribution in [0.3, 0.4) is 0 Å². The molecule has 0 radical (unpaired) electrons. The summed E-state index contributed by atoms with van der Waals surface area (Å²) in [5.74, 6) is 1.03. The van der Waals surface area contributed by atoms with Crippen LogP contribution >= 0.6 is 0 Å². The first-order valence-corrected chi connectivity index (χ1v) is 7.07. The molecule has 0 unspecified atom stereocenters. The van der Waals surface area contributed by atoms with E-state index in [1.54, 1.807) is 12.1 Å². The third-order valence-electron chi connectivity index (χ3n) is 2.46. The van der Waals surface area contributed by atoms with Gasteiger partial charge in [-0.15, -0.1) is 10.2 Å². The molecule has 0 aliphatic rings. The second-order valence-corrected chi connectivity index (χ2v) is 4.91. The van der Waals surface area contributed by atoms with Crippen LogP contribution in [0.4, 0.5) is 5.82 Å². The number of hydrogen-bond acceptors (Lipinski definition) is 5. The van der Waals surface area contributed by atoms with Gasteiger partial charge in [0.25, 0.3) is 5.91 Å². The Labute approximate surface area is 120 Å². The van der Waals surface area contributed by atoms with E-state index in [0.29, 0.717) is 24.0 Å². The van der Waals surface area contributed by atoms with Crippen molar-refractivity contribution < 1.29 is 9.53 Å². The molecule has 112 valence electrons. The molecule has 6 heteroatoms. The number of rotatable bonds is 9. The normalized spacial score (nSPS) is 10.6. The van der Waals surface area contributed by atoms with E-state index in [9.17, 15) is 4.79 Å². The molecule has 0 bridgehead atoms. The highest BCUT2D eigenvalue weighted by Crippen LogP contribution is 2.02. The van der Waals surface area contributed by atoms with Gasteiger partial charge >= 0.3 is 0 Å². The van der Waals surface area contributed by atoms with Crippen molar-refractivity contribution >= 4 is 11.7 Å². The minimum atomic E-state index is -0.200. The molecule has 1 amide bonds. The molecule has 0 aliphatic heterocycles. The van der Waals surface area contributed by atoms with Crippen LogP contribution in [0.2, 0.25) is 0 Å². The monoisotopic (exact) mass is 280 g/mol. The third kappa shape index (κ3) is 6.47. The molecule has 0 aliphatic carbocycles. The van der Waals surface area contributed by atoms with Crippen molar-refractivity contribution in [3.63, 3.8) is 0 Å². The molecule has 6 nitrogen and oxygen atoms in total. The SMILES string of the molecule is CCNC(=O)c1ccc(NCCCOCC(C)C)nn1. The van der Waals surface area contributed by atoms with Crippen LogP contribution < -0.4 is 10.6 Å². The van der Waals surface area contributed by atoms with Gasteiger partial charge in [0.05, 0.1) is 0 Å². The first kappa shape index (κ1) is 16.4. The van der Waals surface area contributed by atoms with E-state index in [4.69, 9.17) is 4.74 Å². The van der Waals surface area contributed by atoms with Crippen LogP contribution in [-0.4, -0.2) is 42.4 Å². The molecule has 0 fully saturated rings. The maximum absolute atomic E-state index is 11.5. The van der Waals surface area contributed by atoms with Crippen molar-refractivity contribution in [2.45, 2.75) is 27.2 Å². The summed E-state index contributed by atoms with van der Waals surface area (Å²) in [6, 6.07) is 3.42. The van der Waals surface area contributed by atoms with Gasteiger partial charge in [0, 0.05) is 26.3 Å². The van der Waals surface area contributed by atoms with Gasteiger partial charge in [-0.2, -0.15) is 0 Å². The van der Waals surface area contributed by atoms with E-state index in [1.165, 1.54) is 0 Å². The molecule has 20 heavy (non-hydrogen) atoms. The Hall–Kier alpha value is -1.69. The predicted octanol–water partition coefficient (Wildman–Crippen LogP) is 1.70. The van der Waals surface area contributed by atoms with Crippen molar-refractivity contribution in [1.29, 1.82) is 0 Å². The number of nitrogens with one attached hydrogen (secondary N) is 2. The van der Waals surface area contributed by atoms with E-state index < -0.39 is 0 Å². The molecular formula is C14H24N4O2. The van der Waals surface area contributed by atoms with E-state index in [0.717, 1.165) is 26.2 Å². The highest BCUT2D eigenvalue weighted by molar-refractivity contribution is 5.92. The van der Waals surface area contributed by atoms with Crippen LogP contribution in [-0.2, 0) is 4.74 Å². The molecule has 0 spiro atoms. The average Bonchev–Trinajstić information content (AvgIpc) is 2.43. The van der Waals surface area contributed by atoms with E-state index in [1.807, 2.05) is 6.92 Å². The van der Waals surface area contributed by atoms with Crippen molar-refractivity contribution in [1.82, 2.24) is 15.5 Å². The molecule has 1 aromatic rings. The average molecular weight is 280 g/mol. The van der Waals surface area contributed by atoms with Crippen LogP contribution in [0.1, 0.15) is 37.7 Å². The molecular weight excluding hydrogens is 256 g/mol. The predicted molar refractivity (Wildman–Crippen MR) is 78.8 cm³/mol. The lowest BCUT2D eigenvalue weighted by Gasteiger charge is -2.08. The number of hydrogen-bond donors (Lipinski definition) is 2. The maximum atomic E-state index is 11.5. The van der Waals surface area contributed by atoms with Gasteiger partial charge in [-0.1, -0.05) is 13.8 Å². The topological polar surface area (TPSA) is 76.1 Å². The highest BCUT2D eigenvalue weighted by atomic mass is 16.5. The fourth-order valence-electron chi connectivity index (χ4n) is 1.51. The number of nitrogens with zero attached hydrogens (tertiary/aromatic N) is 2. The quantitative estimate of drug-likeness (QED) is 0.673. The van der Waals surface area contributed by atoms with E-state index in [-0.39, 0.29) is 5.91 Å². The Bertz CT molecular complexity index is 393. The van der Waals surface area contributed by atoms with Crippen molar-refractivity contribution in [2.75, 3.05) is 31.6 Å². The first-order valence-electron chi connectivity index (χ1n) is 7.07. The Morgan fingerprint density at radius 2 is 2.15 bits per heavy atom. The van der Waals surface area contributed by atoms with Gasteiger partial charge in [0.15, 0.2) is 5.69 Å². The number of ether oxygens (including phenoxy) is 1.